The normalized spacial score (nSPS) is 11.0. The molecule has 0 saturated heterocycles. The van der Waals surface area contributed by atoms with Crippen LogP contribution in [0.5, 0.6) is 11.5 Å². The molecule has 0 unspecified atom stereocenters. The summed E-state index contributed by atoms with van der Waals surface area (Å²) in [5, 5.41) is 4.97. The van der Waals surface area contributed by atoms with E-state index in [1.54, 1.807) is 35.6 Å². The Bertz CT molecular complexity index is 1540. The van der Waals surface area contributed by atoms with Crippen LogP contribution in [0.3, 0.4) is 0 Å². The molecule has 1 aromatic heterocycles. The second-order valence-corrected chi connectivity index (χ2v) is 10.1. The van der Waals surface area contributed by atoms with Gasteiger partial charge >= 0.3 is 0 Å². The minimum absolute atomic E-state index is 0.0846. The number of aromatic nitrogens is 1. The first-order valence-electron chi connectivity index (χ1n) is 12.0. The monoisotopic (exact) mass is 532 g/mol. The summed E-state index contributed by atoms with van der Waals surface area (Å²) < 4.78 is 26.8. The molecule has 0 spiro atoms. The van der Waals surface area contributed by atoms with Gasteiger partial charge in [0.2, 0.25) is 0 Å². The standard InChI is InChI=1S/C30H26ClFN2O2S/c1-3-35-27-15-22(24(31)16-28(27)36-18-21-6-4-5-7-25(21)32)17-33-23-11-9-20(10-12-23)30-34-26-13-8-19(2)14-29(26)37-30/h4-16,33H,3,17-18H2,1-2H3. The molecule has 4 aromatic carbocycles. The molecule has 7 heteroatoms. The van der Waals surface area contributed by atoms with E-state index in [0.29, 0.717) is 35.2 Å². The first-order valence-corrected chi connectivity index (χ1v) is 13.2. The van der Waals surface area contributed by atoms with Gasteiger partial charge in [-0.2, -0.15) is 0 Å². The van der Waals surface area contributed by atoms with E-state index in [1.165, 1.54) is 16.3 Å². The lowest BCUT2D eigenvalue weighted by Gasteiger charge is -2.16. The van der Waals surface area contributed by atoms with Gasteiger partial charge in [-0.05, 0) is 73.5 Å². The number of hydrogen-bond acceptors (Lipinski definition) is 5. The molecule has 1 heterocycles. The number of fused-ring (bicyclic) bond motifs is 1. The summed E-state index contributed by atoms with van der Waals surface area (Å²) in [7, 11) is 0. The maximum atomic E-state index is 14.0. The van der Waals surface area contributed by atoms with Gasteiger partial charge in [0.15, 0.2) is 11.5 Å². The van der Waals surface area contributed by atoms with E-state index in [0.717, 1.165) is 27.3 Å². The number of hydrogen-bond donors (Lipinski definition) is 1. The number of ether oxygens (including phenoxy) is 2. The number of thiazole rings is 1. The van der Waals surface area contributed by atoms with Crippen LogP contribution in [-0.4, -0.2) is 11.6 Å². The molecule has 5 aromatic rings. The van der Waals surface area contributed by atoms with E-state index in [4.69, 9.17) is 26.1 Å². The fourth-order valence-corrected chi connectivity index (χ4v) is 5.24. The number of benzene rings is 4. The highest BCUT2D eigenvalue weighted by atomic mass is 35.5. The summed E-state index contributed by atoms with van der Waals surface area (Å²) in [6.07, 6.45) is 0. The smallest absolute Gasteiger partial charge is 0.163 e. The van der Waals surface area contributed by atoms with Crippen LogP contribution in [0.4, 0.5) is 10.1 Å². The van der Waals surface area contributed by atoms with Gasteiger partial charge < -0.3 is 14.8 Å². The molecular weight excluding hydrogens is 507 g/mol. The van der Waals surface area contributed by atoms with Crippen molar-refractivity contribution in [1.29, 1.82) is 0 Å². The van der Waals surface area contributed by atoms with Gasteiger partial charge in [-0.25, -0.2) is 9.37 Å². The molecule has 1 N–H and O–H groups in total. The largest absolute Gasteiger partial charge is 0.490 e. The zero-order valence-electron chi connectivity index (χ0n) is 20.6. The Morgan fingerprint density at radius 2 is 1.70 bits per heavy atom. The van der Waals surface area contributed by atoms with E-state index in [1.807, 2.05) is 25.1 Å². The van der Waals surface area contributed by atoms with Crippen LogP contribution in [0.25, 0.3) is 20.8 Å². The third-order valence-electron chi connectivity index (χ3n) is 5.91. The maximum Gasteiger partial charge on any atom is 0.163 e. The van der Waals surface area contributed by atoms with Crippen LogP contribution in [0.1, 0.15) is 23.6 Å². The molecule has 0 aliphatic carbocycles. The molecule has 0 fully saturated rings. The van der Waals surface area contributed by atoms with Gasteiger partial charge in [0, 0.05) is 34.4 Å². The maximum absolute atomic E-state index is 14.0. The second kappa shape index (κ2) is 11.2. The van der Waals surface area contributed by atoms with E-state index >= 15 is 0 Å². The molecule has 188 valence electrons. The summed E-state index contributed by atoms with van der Waals surface area (Å²) >= 11 is 8.28. The molecule has 0 aliphatic heterocycles. The van der Waals surface area contributed by atoms with Crippen molar-refractivity contribution in [1.82, 2.24) is 4.98 Å². The van der Waals surface area contributed by atoms with Crippen molar-refractivity contribution in [2.75, 3.05) is 11.9 Å². The van der Waals surface area contributed by atoms with Gasteiger partial charge in [0.05, 0.1) is 16.8 Å². The molecule has 0 bridgehead atoms. The zero-order valence-corrected chi connectivity index (χ0v) is 22.1. The van der Waals surface area contributed by atoms with Gasteiger partial charge in [-0.1, -0.05) is 35.9 Å². The lowest BCUT2D eigenvalue weighted by atomic mass is 10.1. The number of rotatable bonds is 9. The summed E-state index contributed by atoms with van der Waals surface area (Å²) in [5.41, 5.74) is 5.64. The Balaban J connectivity index is 1.27. The molecule has 37 heavy (non-hydrogen) atoms. The average Bonchev–Trinajstić information content (AvgIpc) is 3.32. The summed E-state index contributed by atoms with van der Waals surface area (Å²) in [4.78, 5) is 4.77. The second-order valence-electron chi connectivity index (χ2n) is 8.62. The van der Waals surface area contributed by atoms with E-state index in [2.05, 4.69) is 42.6 Å². The topological polar surface area (TPSA) is 43.4 Å². The van der Waals surface area contributed by atoms with Crippen LogP contribution in [0.15, 0.2) is 78.9 Å². The Hall–Kier alpha value is -3.61. The number of halogens is 2. The van der Waals surface area contributed by atoms with Crippen molar-refractivity contribution >= 4 is 38.8 Å². The molecule has 4 nitrogen and oxygen atoms in total. The van der Waals surface area contributed by atoms with Gasteiger partial charge in [-0.15, -0.1) is 11.3 Å². The lowest BCUT2D eigenvalue weighted by Crippen LogP contribution is -2.04. The van der Waals surface area contributed by atoms with Crippen LogP contribution in [0.2, 0.25) is 5.02 Å². The summed E-state index contributed by atoms with van der Waals surface area (Å²) in [6, 6.07) is 24.7. The Morgan fingerprint density at radius 1 is 0.919 bits per heavy atom. The first-order chi connectivity index (χ1) is 18.0. The highest BCUT2D eigenvalue weighted by Crippen LogP contribution is 2.35. The minimum Gasteiger partial charge on any atom is -0.490 e. The highest BCUT2D eigenvalue weighted by Gasteiger charge is 2.13. The van der Waals surface area contributed by atoms with E-state index < -0.39 is 0 Å². The number of anilines is 1. The highest BCUT2D eigenvalue weighted by molar-refractivity contribution is 7.21. The third-order valence-corrected chi connectivity index (χ3v) is 7.33. The molecule has 0 aliphatic rings. The quantitative estimate of drug-likeness (QED) is 0.206. The fraction of sp³-hybridized carbons (Fsp3) is 0.167. The van der Waals surface area contributed by atoms with Crippen LogP contribution < -0.4 is 14.8 Å². The minimum atomic E-state index is -0.309. The van der Waals surface area contributed by atoms with Crippen molar-refractivity contribution in [2.45, 2.75) is 27.0 Å². The number of nitrogens with zero attached hydrogens (tertiary/aromatic N) is 1. The number of nitrogens with one attached hydrogen (secondary N) is 1. The van der Waals surface area contributed by atoms with E-state index in [9.17, 15) is 4.39 Å². The van der Waals surface area contributed by atoms with Gasteiger partial charge in [0.1, 0.15) is 17.4 Å². The molecular formula is C30H26ClFN2O2S. The molecule has 0 radical (unpaired) electrons. The Morgan fingerprint density at radius 3 is 2.49 bits per heavy atom. The van der Waals surface area contributed by atoms with Crippen molar-refractivity contribution in [3.8, 4) is 22.1 Å². The number of aryl methyl sites for hydroxylation is 1. The predicted octanol–water partition coefficient (Wildman–Crippen LogP) is 8.65. The van der Waals surface area contributed by atoms with Crippen molar-refractivity contribution in [3.05, 3.63) is 106 Å². The average molecular weight is 533 g/mol. The van der Waals surface area contributed by atoms with Crippen molar-refractivity contribution < 1.29 is 13.9 Å². The van der Waals surface area contributed by atoms with Gasteiger partial charge in [0.25, 0.3) is 0 Å². The Labute approximate surface area is 224 Å². The van der Waals surface area contributed by atoms with Gasteiger partial charge in [-0.3, -0.25) is 0 Å². The van der Waals surface area contributed by atoms with Crippen LogP contribution >= 0.6 is 22.9 Å². The van der Waals surface area contributed by atoms with Crippen LogP contribution in [0, 0.1) is 12.7 Å². The first kappa shape index (κ1) is 25.1. The Kier molecular flexibility index (Phi) is 7.58. The zero-order chi connectivity index (χ0) is 25.8. The molecule has 0 atom stereocenters. The SMILES string of the molecule is CCOc1cc(CNc2ccc(-c3nc4ccc(C)cc4s3)cc2)c(Cl)cc1OCc1ccccc1F. The van der Waals surface area contributed by atoms with Crippen molar-refractivity contribution in [3.63, 3.8) is 0 Å². The van der Waals surface area contributed by atoms with Crippen molar-refractivity contribution in [2.24, 2.45) is 0 Å². The fourth-order valence-electron chi connectivity index (χ4n) is 3.95. The molecule has 0 saturated carbocycles. The lowest BCUT2D eigenvalue weighted by molar-refractivity contribution is 0.265. The van der Waals surface area contributed by atoms with E-state index in [-0.39, 0.29) is 12.4 Å². The van der Waals surface area contributed by atoms with Crippen LogP contribution in [-0.2, 0) is 13.2 Å². The molecule has 5 rings (SSSR count). The third kappa shape index (κ3) is 5.87. The summed E-state index contributed by atoms with van der Waals surface area (Å²) in [6.45, 7) is 5.06. The predicted molar refractivity (Wildman–Crippen MR) is 150 cm³/mol. The summed E-state index contributed by atoms with van der Waals surface area (Å²) in [5.74, 6) is 0.743. The molecule has 0 amide bonds.